The third-order valence-electron chi connectivity index (χ3n) is 1.53. The van der Waals surface area contributed by atoms with E-state index in [9.17, 15) is 0 Å². The van der Waals surface area contributed by atoms with E-state index in [1.54, 1.807) is 11.9 Å². The molecule has 0 bridgehead atoms. The molecule has 0 amide bonds. The molecule has 1 rings (SSSR count). The Balaban J connectivity index is 2.69. The number of rotatable bonds is 3. The first-order valence-corrected chi connectivity index (χ1v) is 5.08. The maximum absolute atomic E-state index is 2.14. The monoisotopic (exact) mass is 193 g/mol. The summed E-state index contributed by atoms with van der Waals surface area (Å²) in [5.41, 5.74) is 1.26. The molecule has 0 unspecified atom stereocenters. The Kier molecular flexibility index (Phi) is 4.06. The highest BCUT2D eigenvalue weighted by Crippen LogP contribution is 2.19. The van der Waals surface area contributed by atoms with Gasteiger partial charge in [0.2, 0.25) is 0 Å². The highest BCUT2D eigenvalue weighted by molar-refractivity contribution is 7.97. The predicted molar refractivity (Wildman–Crippen MR) is 60.7 cm³/mol. The van der Waals surface area contributed by atoms with Crippen LogP contribution in [0, 0.1) is 0 Å². The van der Waals surface area contributed by atoms with Gasteiger partial charge < -0.3 is 0 Å². The van der Waals surface area contributed by atoms with Gasteiger partial charge in [-0.05, 0) is 50.7 Å². The first kappa shape index (κ1) is 10.4. The molecule has 70 valence electrons. The van der Waals surface area contributed by atoms with Crippen LogP contribution < -0.4 is 0 Å². The van der Waals surface area contributed by atoms with E-state index in [2.05, 4.69) is 34.6 Å². The van der Waals surface area contributed by atoms with Crippen LogP contribution in [0.4, 0.5) is 0 Å². The molecule has 0 aliphatic carbocycles. The number of hydrogen-bond donors (Lipinski definition) is 0. The first-order valence-electron chi connectivity index (χ1n) is 4.30. The summed E-state index contributed by atoms with van der Waals surface area (Å²) in [4.78, 5) is 1.28. The Bertz CT molecular complexity index is 275. The van der Waals surface area contributed by atoms with Crippen molar-refractivity contribution in [3.05, 3.63) is 35.9 Å². The quantitative estimate of drug-likeness (QED) is 0.678. The minimum Gasteiger partial charge on any atom is -0.253 e. The molecule has 1 aromatic rings. The van der Waals surface area contributed by atoms with Gasteiger partial charge in [0.05, 0.1) is 0 Å². The molecule has 0 aliphatic heterocycles. The minimum absolute atomic E-state index is 1.26. The smallest absolute Gasteiger partial charge is 0.0230 e. The molecule has 2 heteroatoms. The van der Waals surface area contributed by atoms with E-state index < -0.39 is 0 Å². The van der Waals surface area contributed by atoms with Crippen LogP contribution in [0.25, 0.3) is 6.08 Å². The molecule has 0 fully saturated rings. The van der Waals surface area contributed by atoms with Gasteiger partial charge in [0.25, 0.3) is 0 Å². The number of benzene rings is 1. The van der Waals surface area contributed by atoms with E-state index >= 15 is 0 Å². The Morgan fingerprint density at radius 2 is 1.77 bits per heavy atom. The van der Waals surface area contributed by atoms with Crippen LogP contribution in [0.3, 0.4) is 0 Å². The summed E-state index contributed by atoms with van der Waals surface area (Å²) >= 11 is 1.73. The molecule has 1 aromatic carbocycles. The molecule has 13 heavy (non-hydrogen) atoms. The predicted octanol–water partition coefficient (Wildman–Crippen LogP) is 3.29. The van der Waals surface area contributed by atoms with Crippen molar-refractivity contribution < 1.29 is 0 Å². The molecule has 1 nitrogen and oxygen atoms in total. The summed E-state index contributed by atoms with van der Waals surface area (Å²) in [6.45, 7) is 2.03. The molecular formula is C11H15NS. The second-order valence-corrected chi connectivity index (χ2v) is 4.36. The van der Waals surface area contributed by atoms with Crippen LogP contribution >= 0.6 is 11.9 Å². The Morgan fingerprint density at radius 1 is 1.15 bits per heavy atom. The fourth-order valence-electron chi connectivity index (χ4n) is 1.04. The van der Waals surface area contributed by atoms with Crippen LogP contribution in [-0.4, -0.2) is 18.4 Å². The summed E-state index contributed by atoms with van der Waals surface area (Å²) in [5.74, 6) is 0. The highest BCUT2D eigenvalue weighted by atomic mass is 32.2. The summed E-state index contributed by atoms with van der Waals surface area (Å²) in [6.07, 6.45) is 4.15. The second kappa shape index (κ2) is 5.10. The van der Waals surface area contributed by atoms with Crippen LogP contribution in [0.5, 0.6) is 0 Å². The van der Waals surface area contributed by atoms with Crippen molar-refractivity contribution in [2.75, 3.05) is 14.1 Å². The fourth-order valence-corrected chi connectivity index (χ4v) is 1.72. The minimum atomic E-state index is 1.26. The van der Waals surface area contributed by atoms with Crippen molar-refractivity contribution in [1.82, 2.24) is 4.31 Å². The zero-order chi connectivity index (χ0) is 9.68. The first-order chi connectivity index (χ1) is 6.22. The lowest BCUT2D eigenvalue weighted by molar-refractivity contribution is 0.702. The number of allylic oxidation sites excluding steroid dienone is 1. The summed E-state index contributed by atoms with van der Waals surface area (Å²) in [5, 5.41) is 0. The van der Waals surface area contributed by atoms with E-state index in [0.29, 0.717) is 0 Å². The molecule has 0 heterocycles. The van der Waals surface area contributed by atoms with E-state index in [1.165, 1.54) is 10.5 Å². The zero-order valence-corrected chi connectivity index (χ0v) is 9.14. The van der Waals surface area contributed by atoms with Gasteiger partial charge in [-0.2, -0.15) is 0 Å². The van der Waals surface area contributed by atoms with E-state index in [4.69, 9.17) is 0 Å². The lowest BCUT2D eigenvalue weighted by Gasteiger charge is -2.07. The molecule has 0 N–H and O–H groups in total. The standard InChI is InChI=1S/C11H15NS/c1-4-5-10-6-8-11(9-7-10)13-12(2)3/h4-9H,1-3H3/b5-4+. The molecule has 0 radical (unpaired) electrons. The van der Waals surface area contributed by atoms with Crippen molar-refractivity contribution in [3.63, 3.8) is 0 Å². The topological polar surface area (TPSA) is 3.24 Å². The molecule has 0 saturated carbocycles. The zero-order valence-electron chi connectivity index (χ0n) is 8.32. The average Bonchev–Trinajstić information content (AvgIpc) is 2.08. The van der Waals surface area contributed by atoms with Gasteiger partial charge in [-0.1, -0.05) is 24.3 Å². The third-order valence-corrected chi connectivity index (χ3v) is 2.38. The SMILES string of the molecule is C/C=C/c1ccc(SN(C)C)cc1. The van der Waals surface area contributed by atoms with E-state index in [1.807, 2.05) is 27.1 Å². The summed E-state index contributed by atoms with van der Waals surface area (Å²) in [7, 11) is 4.09. The van der Waals surface area contributed by atoms with Crippen molar-refractivity contribution in [1.29, 1.82) is 0 Å². The lowest BCUT2D eigenvalue weighted by atomic mass is 10.2. The largest absolute Gasteiger partial charge is 0.253 e. The fraction of sp³-hybridized carbons (Fsp3) is 0.273. The van der Waals surface area contributed by atoms with Crippen molar-refractivity contribution in [2.45, 2.75) is 11.8 Å². The lowest BCUT2D eigenvalue weighted by Crippen LogP contribution is -1.98. The molecule has 0 aliphatic rings. The van der Waals surface area contributed by atoms with Gasteiger partial charge in [0.1, 0.15) is 0 Å². The second-order valence-electron chi connectivity index (χ2n) is 2.97. The summed E-state index contributed by atoms with van der Waals surface area (Å²) < 4.78 is 2.09. The Labute approximate surface area is 84.6 Å². The van der Waals surface area contributed by atoms with Crippen LogP contribution in [-0.2, 0) is 0 Å². The third kappa shape index (κ3) is 3.66. The Hall–Kier alpha value is -0.730. The van der Waals surface area contributed by atoms with Gasteiger partial charge in [-0.15, -0.1) is 0 Å². The van der Waals surface area contributed by atoms with E-state index in [-0.39, 0.29) is 0 Å². The molecule has 0 aromatic heterocycles. The molecule has 0 saturated heterocycles. The van der Waals surface area contributed by atoms with Gasteiger partial charge in [-0.3, -0.25) is 4.31 Å². The number of nitrogens with zero attached hydrogens (tertiary/aromatic N) is 1. The van der Waals surface area contributed by atoms with Crippen molar-refractivity contribution in [3.8, 4) is 0 Å². The van der Waals surface area contributed by atoms with Crippen LogP contribution in [0.15, 0.2) is 35.2 Å². The summed E-state index contributed by atoms with van der Waals surface area (Å²) in [6, 6.07) is 8.54. The number of hydrogen-bond acceptors (Lipinski definition) is 2. The Morgan fingerprint density at radius 3 is 2.23 bits per heavy atom. The van der Waals surface area contributed by atoms with Crippen LogP contribution in [0.2, 0.25) is 0 Å². The average molecular weight is 193 g/mol. The maximum atomic E-state index is 2.14. The molecule has 0 spiro atoms. The molecule has 0 atom stereocenters. The van der Waals surface area contributed by atoms with Gasteiger partial charge in [-0.25, -0.2) is 0 Å². The normalized spacial score (nSPS) is 11.4. The van der Waals surface area contributed by atoms with E-state index in [0.717, 1.165) is 0 Å². The highest BCUT2D eigenvalue weighted by Gasteiger charge is 1.94. The van der Waals surface area contributed by atoms with Crippen molar-refractivity contribution in [2.24, 2.45) is 0 Å². The van der Waals surface area contributed by atoms with Crippen LogP contribution in [0.1, 0.15) is 12.5 Å². The van der Waals surface area contributed by atoms with Crippen molar-refractivity contribution >= 4 is 18.0 Å². The van der Waals surface area contributed by atoms with Gasteiger partial charge in [0, 0.05) is 4.90 Å². The van der Waals surface area contributed by atoms with Gasteiger partial charge >= 0.3 is 0 Å². The maximum Gasteiger partial charge on any atom is 0.0230 e. The van der Waals surface area contributed by atoms with Gasteiger partial charge in [0.15, 0.2) is 0 Å². The molecular weight excluding hydrogens is 178 g/mol.